The molecule has 0 aliphatic heterocycles. The molecule has 0 atom stereocenters. The Labute approximate surface area is 91.8 Å². The molecule has 0 bridgehead atoms. The van der Waals surface area contributed by atoms with E-state index >= 15 is 0 Å². The maximum Gasteiger partial charge on any atom is 0.343 e. The quantitative estimate of drug-likeness (QED) is 0.579. The maximum atomic E-state index is 11.8. The molecule has 1 aliphatic carbocycles. The van der Waals surface area contributed by atoms with Gasteiger partial charge in [0.05, 0.1) is 6.04 Å². The van der Waals surface area contributed by atoms with Crippen molar-refractivity contribution in [2.75, 3.05) is 13.1 Å². The maximum absolute atomic E-state index is 11.8. The number of hydrogen-bond donors (Lipinski definition) is 1. The summed E-state index contributed by atoms with van der Waals surface area (Å²) in [6, 6.07) is -0.209. The summed E-state index contributed by atoms with van der Waals surface area (Å²) in [5, 5.41) is 10.8. The molecule has 1 fully saturated rings. The molecule has 0 aromatic carbocycles. The van der Waals surface area contributed by atoms with Gasteiger partial charge in [-0.25, -0.2) is 9.86 Å². The highest BCUT2D eigenvalue weighted by molar-refractivity contribution is 5.73. The summed E-state index contributed by atoms with van der Waals surface area (Å²) in [6.07, 6.45) is 5.33. The van der Waals surface area contributed by atoms with Crippen LogP contribution in [0, 0.1) is 0 Å². The van der Waals surface area contributed by atoms with Crippen LogP contribution in [0.15, 0.2) is 0 Å². The van der Waals surface area contributed by atoms with Crippen LogP contribution in [-0.2, 0) is 0 Å². The van der Waals surface area contributed by atoms with Crippen LogP contribution in [0.4, 0.5) is 4.79 Å². The Balaban J connectivity index is 2.49. The van der Waals surface area contributed by atoms with Crippen molar-refractivity contribution in [1.82, 2.24) is 9.96 Å². The number of nitrogens with zero attached hydrogens (tertiary/aromatic N) is 2. The first-order valence-corrected chi connectivity index (χ1v) is 5.97. The Bertz CT molecular complexity index is 199. The zero-order valence-corrected chi connectivity index (χ0v) is 9.78. The number of amides is 2. The van der Waals surface area contributed by atoms with Crippen molar-refractivity contribution >= 4 is 6.03 Å². The molecule has 1 rings (SSSR count). The fourth-order valence-corrected chi connectivity index (χ4v) is 2.12. The van der Waals surface area contributed by atoms with E-state index in [0.717, 1.165) is 30.7 Å². The largest absolute Gasteiger partial charge is 0.343 e. The van der Waals surface area contributed by atoms with Gasteiger partial charge in [-0.05, 0) is 26.7 Å². The predicted molar refractivity (Wildman–Crippen MR) is 58.8 cm³/mol. The standard InChI is InChI=1S/C11H22N2O2/c1-3-12(4-2)11(14)13(15)10-8-6-5-7-9-10/h10,15H,3-9H2,1-2H3. The van der Waals surface area contributed by atoms with Crippen molar-refractivity contribution in [2.24, 2.45) is 0 Å². The minimum absolute atomic E-state index is 0.0341. The van der Waals surface area contributed by atoms with E-state index in [0.29, 0.717) is 13.1 Å². The van der Waals surface area contributed by atoms with E-state index in [9.17, 15) is 10.0 Å². The molecule has 0 heterocycles. The van der Waals surface area contributed by atoms with Crippen LogP contribution in [0.25, 0.3) is 0 Å². The third-order valence-electron chi connectivity index (χ3n) is 3.15. The summed E-state index contributed by atoms with van der Waals surface area (Å²) in [4.78, 5) is 13.5. The zero-order chi connectivity index (χ0) is 11.3. The normalized spacial score (nSPS) is 17.5. The van der Waals surface area contributed by atoms with Gasteiger partial charge in [-0.15, -0.1) is 0 Å². The van der Waals surface area contributed by atoms with Crippen LogP contribution in [0.2, 0.25) is 0 Å². The molecule has 15 heavy (non-hydrogen) atoms. The molecule has 1 N–H and O–H groups in total. The lowest BCUT2D eigenvalue weighted by molar-refractivity contribution is -0.0973. The lowest BCUT2D eigenvalue weighted by Gasteiger charge is -2.32. The van der Waals surface area contributed by atoms with Crippen molar-refractivity contribution in [3.8, 4) is 0 Å². The van der Waals surface area contributed by atoms with Gasteiger partial charge < -0.3 is 4.90 Å². The first-order valence-electron chi connectivity index (χ1n) is 5.97. The summed E-state index contributed by atoms with van der Waals surface area (Å²) in [7, 11) is 0. The Morgan fingerprint density at radius 1 is 1.20 bits per heavy atom. The van der Waals surface area contributed by atoms with Crippen molar-refractivity contribution in [2.45, 2.75) is 52.0 Å². The molecule has 0 aromatic heterocycles. The molecule has 0 spiro atoms. The molecule has 0 unspecified atom stereocenters. The number of carbonyl (C=O) groups is 1. The average molecular weight is 214 g/mol. The van der Waals surface area contributed by atoms with Gasteiger partial charge in [0.2, 0.25) is 0 Å². The van der Waals surface area contributed by atoms with Gasteiger partial charge in [-0.2, -0.15) is 0 Å². The second kappa shape index (κ2) is 5.95. The van der Waals surface area contributed by atoms with E-state index < -0.39 is 0 Å². The number of hydroxylamine groups is 2. The first kappa shape index (κ1) is 12.3. The number of urea groups is 1. The molecule has 2 amide bonds. The summed E-state index contributed by atoms with van der Waals surface area (Å²) in [5.74, 6) is 0. The van der Waals surface area contributed by atoms with Gasteiger partial charge in [0.15, 0.2) is 0 Å². The van der Waals surface area contributed by atoms with Gasteiger partial charge in [-0.1, -0.05) is 19.3 Å². The summed E-state index contributed by atoms with van der Waals surface area (Å²) >= 11 is 0. The second-order valence-corrected chi connectivity index (χ2v) is 4.09. The smallest absolute Gasteiger partial charge is 0.323 e. The van der Waals surface area contributed by atoms with Gasteiger partial charge in [0.25, 0.3) is 0 Å². The molecule has 0 radical (unpaired) electrons. The lowest BCUT2D eigenvalue weighted by atomic mass is 9.95. The summed E-state index contributed by atoms with van der Waals surface area (Å²) in [6.45, 7) is 5.16. The third kappa shape index (κ3) is 3.09. The first-order chi connectivity index (χ1) is 7.20. The van der Waals surface area contributed by atoms with Gasteiger partial charge in [-0.3, -0.25) is 5.21 Å². The average Bonchev–Trinajstić information content (AvgIpc) is 2.30. The molecular formula is C11H22N2O2. The van der Waals surface area contributed by atoms with Crippen molar-refractivity contribution in [3.05, 3.63) is 0 Å². The summed E-state index contributed by atoms with van der Waals surface area (Å²) < 4.78 is 0. The molecule has 1 aliphatic rings. The van der Waals surface area contributed by atoms with E-state index in [4.69, 9.17) is 0 Å². The van der Waals surface area contributed by atoms with Crippen LogP contribution in [0.5, 0.6) is 0 Å². The fourth-order valence-electron chi connectivity index (χ4n) is 2.12. The summed E-state index contributed by atoms with van der Waals surface area (Å²) in [5.41, 5.74) is 0. The van der Waals surface area contributed by atoms with Crippen molar-refractivity contribution in [3.63, 3.8) is 0 Å². The lowest BCUT2D eigenvalue weighted by Crippen LogP contribution is -2.46. The number of carbonyl (C=O) groups excluding carboxylic acids is 1. The minimum Gasteiger partial charge on any atom is -0.323 e. The SMILES string of the molecule is CCN(CC)C(=O)N(O)C1CCCCC1. The van der Waals surface area contributed by atoms with Crippen LogP contribution >= 0.6 is 0 Å². The molecule has 4 nitrogen and oxygen atoms in total. The molecule has 1 saturated carbocycles. The minimum atomic E-state index is -0.244. The molecule has 0 saturated heterocycles. The van der Waals surface area contributed by atoms with Crippen LogP contribution in [-0.4, -0.2) is 40.3 Å². The molecule has 0 aromatic rings. The van der Waals surface area contributed by atoms with E-state index in [2.05, 4.69) is 0 Å². The number of rotatable bonds is 3. The van der Waals surface area contributed by atoms with Gasteiger partial charge >= 0.3 is 6.03 Å². The van der Waals surface area contributed by atoms with Crippen LogP contribution in [0.3, 0.4) is 0 Å². The van der Waals surface area contributed by atoms with Crippen molar-refractivity contribution in [1.29, 1.82) is 0 Å². The highest BCUT2D eigenvalue weighted by Gasteiger charge is 2.26. The van der Waals surface area contributed by atoms with E-state index in [1.807, 2.05) is 13.8 Å². The Kier molecular flexibility index (Phi) is 4.88. The van der Waals surface area contributed by atoms with E-state index in [1.54, 1.807) is 4.90 Å². The topological polar surface area (TPSA) is 43.8 Å². The highest BCUT2D eigenvalue weighted by Crippen LogP contribution is 2.22. The number of hydrogen-bond acceptors (Lipinski definition) is 2. The Hall–Kier alpha value is -0.770. The van der Waals surface area contributed by atoms with E-state index in [1.165, 1.54) is 6.42 Å². The van der Waals surface area contributed by atoms with Crippen LogP contribution in [0.1, 0.15) is 46.0 Å². The molecular weight excluding hydrogens is 192 g/mol. The Morgan fingerprint density at radius 2 is 1.73 bits per heavy atom. The van der Waals surface area contributed by atoms with Crippen LogP contribution < -0.4 is 0 Å². The molecule has 88 valence electrons. The van der Waals surface area contributed by atoms with Crippen molar-refractivity contribution < 1.29 is 10.0 Å². The zero-order valence-electron chi connectivity index (χ0n) is 9.78. The van der Waals surface area contributed by atoms with Gasteiger partial charge in [0.1, 0.15) is 0 Å². The van der Waals surface area contributed by atoms with Gasteiger partial charge in [0, 0.05) is 13.1 Å². The predicted octanol–water partition coefficient (Wildman–Crippen LogP) is 2.47. The monoisotopic (exact) mass is 214 g/mol. The second-order valence-electron chi connectivity index (χ2n) is 4.09. The Morgan fingerprint density at radius 3 is 2.20 bits per heavy atom. The fraction of sp³-hybridized carbons (Fsp3) is 0.909. The third-order valence-corrected chi connectivity index (χ3v) is 3.15. The molecule has 4 heteroatoms. The van der Waals surface area contributed by atoms with E-state index in [-0.39, 0.29) is 12.1 Å². The highest BCUT2D eigenvalue weighted by atomic mass is 16.5.